The van der Waals surface area contributed by atoms with Crippen LogP contribution >= 0.6 is 0 Å². The smallest absolute Gasteiger partial charge is 0.383 e. The van der Waals surface area contributed by atoms with E-state index in [1.54, 1.807) is 24.3 Å². The van der Waals surface area contributed by atoms with Crippen molar-refractivity contribution >= 4 is 5.91 Å². The quantitative estimate of drug-likeness (QED) is 0.864. The fourth-order valence-corrected chi connectivity index (χ4v) is 3.01. The van der Waals surface area contributed by atoms with E-state index in [0.717, 1.165) is 25.0 Å². The van der Waals surface area contributed by atoms with E-state index >= 15 is 0 Å². The van der Waals surface area contributed by atoms with E-state index in [1.807, 2.05) is 6.07 Å². The van der Waals surface area contributed by atoms with Crippen molar-refractivity contribution in [3.8, 4) is 0 Å². The zero-order chi connectivity index (χ0) is 18.1. The standard InChI is InChI=1S/C19H18F3NO2/c20-19(21,22)16-9-5-4-8-15(16)17(24)23-12-18(25,14-10-11-14)13-6-2-1-3-7-13/h1-9,14,25H,10-12H2,(H,23,24). The third kappa shape index (κ3) is 3.69. The largest absolute Gasteiger partial charge is 0.417 e. The summed E-state index contributed by atoms with van der Waals surface area (Å²) in [5.41, 5.74) is -2.05. The minimum atomic E-state index is -4.61. The van der Waals surface area contributed by atoms with Crippen molar-refractivity contribution in [2.45, 2.75) is 24.6 Å². The summed E-state index contributed by atoms with van der Waals surface area (Å²) in [5.74, 6) is -0.851. The van der Waals surface area contributed by atoms with Crippen molar-refractivity contribution in [3.63, 3.8) is 0 Å². The van der Waals surface area contributed by atoms with E-state index in [4.69, 9.17) is 0 Å². The van der Waals surface area contributed by atoms with Crippen LogP contribution in [0.3, 0.4) is 0 Å². The molecule has 1 fully saturated rings. The molecule has 25 heavy (non-hydrogen) atoms. The van der Waals surface area contributed by atoms with Crippen LogP contribution in [0.4, 0.5) is 13.2 Å². The summed E-state index contributed by atoms with van der Waals surface area (Å²) in [5, 5.41) is 13.5. The number of halogens is 3. The molecule has 0 aliphatic heterocycles. The number of benzene rings is 2. The molecular weight excluding hydrogens is 331 g/mol. The second kappa shape index (κ2) is 6.52. The van der Waals surface area contributed by atoms with Crippen molar-refractivity contribution in [2.24, 2.45) is 5.92 Å². The Morgan fingerprint density at radius 3 is 2.24 bits per heavy atom. The molecule has 0 aromatic heterocycles. The SMILES string of the molecule is O=C(NCC(O)(c1ccccc1)C1CC1)c1ccccc1C(F)(F)F. The van der Waals surface area contributed by atoms with Gasteiger partial charge in [0.15, 0.2) is 0 Å². The zero-order valence-electron chi connectivity index (χ0n) is 13.4. The van der Waals surface area contributed by atoms with Crippen LogP contribution in [0.5, 0.6) is 0 Å². The summed E-state index contributed by atoms with van der Waals surface area (Å²) in [6, 6.07) is 13.5. The molecule has 6 heteroatoms. The highest BCUT2D eigenvalue weighted by molar-refractivity contribution is 5.95. The van der Waals surface area contributed by atoms with Crippen molar-refractivity contribution in [2.75, 3.05) is 6.54 Å². The summed E-state index contributed by atoms with van der Waals surface area (Å²) in [6.45, 7) is -0.132. The molecule has 1 unspecified atom stereocenters. The van der Waals surface area contributed by atoms with Gasteiger partial charge in [0.1, 0.15) is 5.60 Å². The third-order valence-electron chi connectivity index (χ3n) is 4.52. The van der Waals surface area contributed by atoms with Gasteiger partial charge in [0, 0.05) is 0 Å². The summed E-state index contributed by atoms with van der Waals surface area (Å²) in [6.07, 6.45) is -2.97. The summed E-state index contributed by atoms with van der Waals surface area (Å²) >= 11 is 0. The number of hydrogen-bond acceptors (Lipinski definition) is 2. The van der Waals surface area contributed by atoms with Gasteiger partial charge in [0.05, 0.1) is 17.7 Å². The fraction of sp³-hybridized carbons (Fsp3) is 0.316. The highest BCUT2D eigenvalue weighted by Gasteiger charge is 2.45. The lowest BCUT2D eigenvalue weighted by Crippen LogP contribution is -2.42. The average Bonchev–Trinajstić information content (AvgIpc) is 3.45. The molecule has 3 nitrogen and oxygen atoms in total. The third-order valence-corrected chi connectivity index (χ3v) is 4.52. The number of nitrogens with one attached hydrogen (secondary N) is 1. The first-order valence-electron chi connectivity index (χ1n) is 8.04. The Labute approximate surface area is 143 Å². The van der Waals surface area contributed by atoms with Crippen molar-refractivity contribution < 1.29 is 23.1 Å². The Morgan fingerprint density at radius 2 is 1.64 bits per heavy atom. The van der Waals surface area contributed by atoms with Crippen LogP contribution in [-0.4, -0.2) is 17.6 Å². The van der Waals surface area contributed by atoms with Gasteiger partial charge in [-0.15, -0.1) is 0 Å². The molecule has 1 atom stereocenters. The number of carbonyl (C=O) groups excluding carboxylic acids is 1. The van der Waals surface area contributed by atoms with E-state index < -0.39 is 28.8 Å². The van der Waals surface area contributed by atoms with Gasteiger partial charge in [0.2, 0.25) is 0 Å². The molecule has 2 aromatic rings. The lowest BCUT2D eigenvalue weighted by Gasteiger charge is -2.29. The lowest BCUT2D eigenvalue weighted by atomic mass is 9.88. The van der Waals surface area contributed by atoms with E-state index in [1.165, 1.54) is 12.1 Å². The van der Waals surface area contributed by atoms with Crippen molar-refractivity contribution in [3.05, 3.63) is 71.3 Å². The van der Waals surface area contributed by atoms with Gasteiger partial charge in [-0.2, -0.15) is 13.2 Å². The van der Waals surface area contributed by atoms with Gasteiger partial charge >= 0.3 is 6.18 Å². The molecule has 0 saturated heterocycles. The van der Waals surface area contributed by atoms with Crippen LogP contribution in [0.2, 0.25) is 0 Å². The summed E-state index contributed by atoms with van der Waals surface area (Å²) < 4.78 is 39.2. The Kier molecular flexibility index (Phi) is 4.56. The van der Waals surface area contributed by atoms with Gasteiger partial charge < -0.3 is 10.4 Å². The maximum absolute atomic E-state index is 13.1. The molecule has 1 aliphatic rings. The van der Waals surface area contributed by atoms with Crippen molar-refractivity contribution in [1.82, 2.24) is 5.32 Å². The number of hydrogen-bond donors (Lipinski definition) is 2. The first-order chi connectivity index (χ1) is 11.8. The highest BCUT2D eigenvalue weighted by Crippen LogP contribution is 2.45. The topological polar surface area (TPSA) is 49.3 Å². The molecule has 3 rings (SSSR count). The molecule has 1 amide bonds. The number of alkyl halides is 3. The predicted octanol–water partition coefficient (Wildman–Crippen LogP) is 3.73. The van der Waals surface area contributed by atoms with Crippen LogP contribution < -0.4 is 5.32 Å². The van der Waals surface area contributed by atoms with Crippen LogP contribution in [0, 0.1) is 5.92 Å². The molecule has 0 spiro atoms. The average molecular weight is 349 g/mol. The molecule has 0 heterocycles. The second-order valence-electron chi connectivity index (χ2n) is 6.29. The highest BCUT2D eigenvalue weighted by atomic mass is 19.4. The van der Waals surface area contributed by atoms with E-state index in [-0.39, 0.29) is 12.5 Å². The Balaban J connectivity index is 1.80. The number of rotatable bonds is 5. The summed E-state index contributed by atoms with van der Waals surface area (Å²) in [7, 11) is 0. The van der Waals surface area contributed by atoms with Gasteiger partial charge in [-0.25, -0.2) is 0 Å². The zero-order valence-corrected chi connectivity index (χ0v) is 13.4. The summed E-state index contributed by atoms with van der Waals surface area (Å²) in [4.78, 5) is 12.3. The molecule has 1 saturated carbocycles. The van der Waals surface area contributed by atoms with E-state index in [9.17, 15) is 23.1 Å². The van der Waals surface area contributed by atoms with Crippen LogP contribution in [0.15, 0.2) is 54.6 Å². The Bertz CT molecular complexity index is 757. The van der Waals surface area contributed by atoms with Gasteiger partial charge in [0.25, 0.3) is 5.91 Å². The van der Waals surface area contributed by atoms with Gasteiger partial charge in [-0.1, -0.05) is 42.5 Å². The van der Waals surface area contributed by atoms with Crippen LogP contribution in [0.1, 0.15) is 34.3 Å². The number of carbonyl (C=O) groups is 1. The number of aliphatic hydroxyl groups is 1. The van der Waals surface area contributed by atoms with Crippen LogP contribution in [0.25, 0.3) is 0 Å². The molecule has 0 bridgehead atoms. The second-order valence-corrected chi connectivity index (χ2v) is 6.29. The maximum Gasteiger partial charge on any atom is 0.417 e. The molecule has 132 valence electrons. The Hall–Kier alpha value is -2.34. The van der Waals surface area contributed by atoms with E-state index in [2.05, 4.69) is 5.32 Å². The first-order valence-corrected chi connectivity index (χ1v) is 8.04. The van der Waals surface area contributed by atoms with Crippen LogP contribution in [-0.2, 0) is 11.8 Å². The molecule has 0 radical (unpaired) electrons. The van der Waals surface area contributed by atoms with Crippen molar-refractivity contribution in [1.29, 1.82) is 0 Å². The normalized spacial score (nSPS) is 17.0. The van der Waals surface area contributed by atoms with Gasteiger partial charge in [-0.3, -0.25) is 4.79 Å². The predicted molar refractivity (Wildman–Crippen MR) is 86.8 cm³/mol. The maximum atomic E-state index is 13.1. The molecule has 2 aromatic carbocycles. The van der Waals surface area contributed by atoms with E-state index in [0.29, 0.717) is 5.56 Å². The first kappa shape index (κ1) is 17.5. The minimum Gasteiger partial charge on any atom is -0.383 e. The van der Waals surface area contributed by atoms with Gasteiger partial charge in [-0.05, 0) is 36.5 Å². The lowest BCUT2D eigenvalue weighted by molar-refractivity contribution is -0.137. The Morgan fingerprint density at radius 1 is 1.04 bits per heavy atom. The molecule has 1 aliphatic carbocycles. The molecule has 2 N–H and O–H groups in total. The number of amides is 1. The molecular formula is C19H18F3NO2. The fourth-order valence-electron chi connectivity index (χ4n) is 3.01. The monoisotopic (exact) mass is 349 g/mol. The minimum absolute atomic E-state index is 0.00643.